The fourth-order valence-corrected chi connectivity index (χ4v) is 13.8. The van der Waals surface area contributed by atoms with Crippen molar-refractivity contribution in [1.29, 1.82) is 0 Å². The van der Waals surface area contributed by atoms with E-state index in [0.29, 0.717) is 57.9 Å². The molecular weight excluding hydrogens is 574 g/mol. The van der Waals surface area contributed by atoms with E-state index < -0.39 is 63.2 Å². The van der Waals surface area contributed by atoms with Crippen LogP contribution in [0.2, 0.25) is 0 Å². The largest absolute Gasteiger partial charge is 0.447 e. The molecule has 1 spiro atoms. The molecule has 6 saturated carbocycles. The summed E-state index contributed by atoms with van der Waals surface area (Å²) in [7, 11) is 1.86. The summed E-state index contributed by atoms with van der Waals surface area (Å²) in [6.45, 7) is 4.77. The number of nitrogens with one attached hydrogen (secondary N) is 1. The van der Waals surface area contributed by atoms with E-state index in [4.69, 9.17) is 4.74 Å². The Morgan fingerprint density at radius 3 is 2.51 bits per heavy atom. The number of rotatable bonds is 4. The SMILES string of the molecule is CNCC1=CC2CC3(O)C4(CCCC15OC(=O)C=C5C24)CCC1C2(C=O)CCC(O)C4CCC(C(C)C)CC(C(O)C13O)C42O. The molecule has 8 aliphatic rings. The van der Waals surface area contributed by atoms with Crippen LogP contribution in [0.4, 0.5) is 0 Å². The van der Waals surface area contributed by atoms with Crippen LogP contribution < -0.4 is 5.32 Å². The zero-order chi connectivity index (χ0) is 31.9. The number of allylic oxidation sites excluding steroid dienone is 1. The molecule has 0 aromatic rings. The molecule has 7 aliphatic carbocycles. The molecule has 0 radical (unpaired) electrons. The Kier molecular flexibility index (Phi) is 6.48. The van der Waals surface area contributed by atoms with Crippen molar-refractivity contribution in [3.8, 4) is 0 Å². The van der Waals surface area contributed by atoms with Gasteiger partial charge in [0, 0.05) is 35.8 Å². The molecular formula is C36H51NO8. The zero-order valence-corrected chi connectivity index (χ0v) is 26.9. The van der Waals surface area contributed by atoms with Gasteiger partial charge in [0.05, 0.1) is 23.2 Å². The second kappa shape index (κ2) is 9.50. The smallest absolute Gasteiger partial charge is 0.332 e. The van der Waals surface area contributed by atoms with Crippen molar-refractivity contribution in [3.05, 3.63) is 23.3 Å². The maximum absolute atomic E-state index is 13.7. The normalized spacial score (nSPS) is 56.1. The molecule has 248 valence electrons. The number of aliphatic hydroxyl groups excluding tert-OH is 2. The molecule has 6 fully saturated rings. The maximum atomic E-state index is 13.7. The summed E-state index contributed by atoms with van der Waals surface area (Å²) in [4.78, 5) is 26.6. The molecule has 14 unspecified atom stereocenters. The third-order valence-electron chi connectivity index (χ3n) is 15.5. The van der Waals surface area contributed by atoms with Crippen LogP contribution in [0, 0.1) is 52.3 Å². The molecule has 1 aliphatic heterocycles. The Bertz CT molecular complexity index is 1380. The topological polar surface area (TPSA) is 157 Å². The van der Waals surface area contributed by atoms with E-state index in [2.05, 4.69) is 25.2 Å². The van der Waals surface area contributed by atoms with Crippen LogP contribution in [0.25, 0.3) is 0 Å². The first-order valence-electron chi connectivity index (χ1n) is 17.6. The third-order valence-corrected chi connectivity index (χ3v) is 15.5. The fraction of sp³-hybridized carbons (Fsp3) is 0.833. The molecule has 45 heavy (non-hydrogen) atoms. The molecule has 6 N–H and O–H groups in total. The first-order chi connectivity index (χ1) is 21.3. The highest BCUT2D eigenvalue weighted by molar-refractivity contribution is 5.88. The third kappa shape index (κ3) is 3.23. The minimum atomic E-state index is -2.08. The first kappa shape index (κ1) is 30.7. The van der Waals surface area contributed by atoms with Crippen molar-refractivity contribution in [2.24, 2.45) is 52.3 Å². The van der Waals surface area contributed by atoms with Crippen LogP contribution in [-0.2, 0) is 14.3 Å². The maximum Gasteiger partial charge on any atom is 0.332 e. The summed E-state index contributed by atoms with van der Waals surface area (Å²) in [6.07, 6.45) is 7.47. The lowest BCUT2D eigenvalue weighted by atomic mass is 9.35. The van der Waals surface area contributed by atoms with Crippen molar-refractivity contribution in [2.45, 2.75) is 119 Å². The van der Waals surface area contributed by atoms with Crippen molar-refractivity contribution in [3.63, 3.8) is 0 Å². The van der Waals surface area contributed by atoms with Crippen LogP contribution in [0.15, 0.2) is 23.3 Å². The van der Waals surface area contributed by atoms with Gasteiger partial charge in [0.1, 0.15) is 17.5 Å². The lowest BCUT2D eigenvalue weighted by molar-refractivity contribution is -0.375. The fourth-order valence-electron chi connectivity index (χ4n) is 13.8. The van der Waals surface area contributed by atoms with Crippen LogP contribution in [0.1, 0.15) is 84.5 Å². The van der Waals surface area contributed by atoms with Crippen LogP contribution in [0.5, 0.6) is 0 Å². The Labute approximate surface area is 265 Å². The van der Waals surface area contributed by atoms with Crippen LogP contribution in [0.3, 0.4) is 0 Å². The van der Waals surface area contributed by atoms with Crippen molar-refractivity contribution in [1.82, 2.24) is 5.32 Å². The molecule has 8 rings (SSSR count). The predicted molar refractivity (Wildman–Crippen MR) is 163 cm³/mol. The van der Waals surface area contributed by atoms with Gasteiger partial charge < -0.3 is 40.4 Å². The lowest BCUT2D eigenvalue weighted by Gasteiger charge is -2.73. The van der Waals surface area contributed by atoms with Crippen molar-refractivity contribution in [2.75, 3.05) is 13.6 Å². The number of fused-ring (bicyclic) bond motifs is 3. The summed E-state index contributed by atoms with van der Waals surface area (Å²) in [5, 5.41) is 67.3. The van der Waals surface area contributed by atoms with Gasteiger partial charge in [0.25, 0.3) is 0 Å². The summed E-state index contributed by atoms with van der Waals surface area (Å²) in [6, 6.07) is 0. The minimum Gasteiger partial charge on any atom is -0.447 e. The van der Waals surface area contributed by atoms with Gasteiger partial charge in [-0.15, -0.1) is 0 Å². The Hall–Kier alpha value is -1.62. The molecule has 9 heteroatoms. The Balaban J connectivity index is 1.34. The molecule has 1 heterocycles. The average Bonchev–Trinajstić information content (AvgIpc) is 3.35. The number of aldehydes is 1. The van der Waals surface area contributed by atoms with E-state index in [-0.39, 0.29) is 42.5 Å². The van der Waals surface area contributed by atoms with E-state index in [1.54, 1.807) is 6.08 Å². The highest BCUT2D eigenvalue weighted by atomic mass is 16.6. The molecule has 14 atom stereocenters. The van der Waals surface area contributed by atoms with Gasteiger partial charge in [-0.05, 0) is 112 Å². The Morgan fingerprint density at radius 1 is 1.02 bits per heavy atom. The van der Waals surface area contributed by atoms with E-state index in [1.165, 1.54) is 0 Å². The first-order valence-corrected chi connectivity index (χ1v) is 17.6. The number of hydrogen-bond acceptors (Lipinski definition) is 9. The Morgan fingerprint density at radius 2 is 1.80 bits per heavy atom. The van der Waals surface area contributed by atoms with Gasteiger partial charge in [-0.1, -0.05) is 19.9 Å². The quantitative estimate of drug-likeness (QED) is 0.157. The second-order valence-corrected chi connectivity index (χ2v) is 16.8. The van der Waals surface area contributed by atoms with Gasteiger partial charge in [-0.25, -0.2) is 4.79 Å². The van der Waals surface area contributed by atoms with Crippen molar-refractivity contribution >= 4 is 12.3 Å². The van der Waals surface area contributed by atoms with Gasteiger partial charge in [0.15, 0.2) is 5.60 Å². The number of likely N-dealkylation sites (N-methyl/N-ethyl adjacent to an activating group) is 1. The average molecular weight is 626 g/mol. The summed E-state index contributed by atoms with van der Waals surface area (Å²) >= 11 is 0. The second-order valence-electron chi connectivity index (χ2n) is 16.8. The minimum absolute atomic E-state index is 0.117. The zero-order valence-electron chi connectivity index (χ0n) is 26.9. The van der Waals surface area contributed by atoms with Gasteiger partial charge >= 0.3 is 5.97 Å². The lowest BCUT2D eigenvalue weighted by Crippen LogP contribution is -2.85. The molecule has 0 saturated heterocycles. The summed E-state index contributed by atoms with van der Waals surface area (Å²) in [5.74, 6) is -2.83. The number of esters is 1. The number of ether oxygens (including phenoxy) is 1. The summed E-state index contributed by atoms with van der Waals surface area (Å²) in [5.41, 5.74) is -6.82. The van der Waals surface area contributed by atoms with E-state index >= 15 is 0 Å². The highest BCUT2D eigenvalue weighted by Crippen LogP contribution is 2.78. The van der Waals surface area contributed by atoms with E-state index in [9.17, 15) is 35.1 Å². The number of carbonyl (C=O) groups excluding carboxylic acids is 2. The van der Waals surface area contributed by atoms with Crippen LogP contribution >= 0.6 is 0 Å². The number of aliphatic hydroxyl groups is 5. The molecule has 0 aromatic heterocycles. The van der Waals surface area contributed by atoms with Crippen molar-refractivity contribution < 1.29 is 39.9 Å². The van der Waals surface area contributed by atoms with Crippen LogP contribution in [-0.4, -0.2) is 86.0 Å². The molecule has 0 amide bonds. The number of carbonyl (C=O) groups is 2. The van der Waals surface area contributed by atoms with E-state index in [1.807, 2.05) is 7.05 Å². The molecule has 0 aromatic carbocycles. The summed E-state index contributed by atoms with van der Waals surface area (Å²) < 4.78 is 6.15. The monoisotopic (exact) mass is 625 g/mol. The molecule has 2 bridgehead atoms. The van der Waals surface area contributed by atoms with Gasteiger partial charge in [-0.3, -0.25) is 0 Å². The van der Waals surface area contributed by atoms with Gasteiger partial charge in [0.2, 0.25) is 0 Å². The highest BCUT2D eigenvalue weighted by Gasteiger charge is 2.85. The standard InChI is InChI=1S/C36H51NO8/c1-19(2)20-5-6-23-26(39)7-11-32(18-38)27-8-12-31-9-4-10-33-22(17-37-3)13-21(29(31)24(33)15-28(40)45-33)16-34(31,42)36(27,44)30(41)25(14-20)35(23,32)43/h13,15,18-21,23,25-27,29-30,37,39,41-44H,4-12,14,16-17H2,1-3H3. The predicted octanol–water partition coefficient (Wildman–Crippen LogP) is 2.18. The van der Waals surface area contributed by atoms with E-state index in [0.717, 1.165) is 23.9 Å². The molecule has 9 nitrogen and oxygen atoms in total. The van der Waals surface area contributed by atoms with Gasteiger partial charge in [-0.2, -0.15) is 0 Å². The number of hydrogen-bond donors (Lipinski definition) is 6.